The molecule has 2 N–H and O–H groups in total. The van der Waals surface area contributed by atoms with Gasteiger partial charge in [-0.3, -0.25) is 0 Å². The molecule has 0 fully saturated rings. The Labute approximate surface area is 93.3 Å². The van der Waals surface area contributed by atoms with Crippen molar-refractivity contribution in [2.75, 3.05) is 40.0 Å². The van der Waals surface area contributed by atoms with Crippen molar-refractivity contribution in [3.05, 3.63) is 0 Å². The fraction of sp³-hybridized carbons (Fsp3) is 1.00. The van der Waals surface area contributed by atoms with E-state index in [1.165, 1.54) is 6.26 Å². The van der Waals surface area contributed by atoms with Gasteiger partial charge in [0.1, 0.15) is 0 Å². The van der Waals surface area contributed by atoms with Crippen LogP contribution in [0.25, 0.3) is 0 Å². The van der Waals surface area contributed by atoms with Crippen LogP contribution < -0.4 is 10.0 Å². The van der Waals surface area contributed by atoms with Gasteiger partial charge < -0.3 is 10.2 Å². The van der Waals surface area contributed by atoms with Crippen LogP contribution >= 0.6 is 0 Å². The minimum absolute atomic E-state index is 0.445. The van der Waals surface area contributed by atoms with Crippen molar-refractivity contribution in [2.24, 2.45) is 0 Å². The normalized spacial score (nSPS) is 13.5. The molecule has 0 radical (unpaired) electrons. The molecular formula is C9H23N3O2S. The van der Waals surface area contributed by atoms with E-state index in [0.29, 0.717) is 6.54 Å². The molecule has 5 nitrogen and oxygen atoms in total. The lowest BCUT2D eigenvalue weighted by Gasteiger charge is -2.25. The van der Waals surface area contributed by atoms with E-state index in [2.05, 4.69) is 14.9 Å². The van der Waals surface area contributed by atoms with E-state index in [1.807, 2.05) is 27.9 Å². The van der Waals surface area contributed by atoms with Crippen LogP contribution in [0.2, 0.25) is 0 Å². The first kappa shape index (κ1) is 14.8. The number of hydrogen-bond donors (Lipinski definition) is 2. The third-order valence-electron chi connectivity index (χ3n) is 1.76. The Morgan fingerprint density at radius 2 is 1.80 bits per heavy atom. The molecule has 0 aliphatic heterocycles. The molecule has 92 valence electrons. The summed E-state index contributed by atoms with van der Waals surface area (Å²) in [4.78, 5) is 2.07. The molecule has 15 heavy (non-hydrogen) atoms. The zero-order valence-corrected chi connectivity index (χ0v) is 11.1. The van der Waals surface area contributed by atoms with Crippen LogP contribution in [0.4, 0.5) is 0 Å². The summed E-state index contributed by atoms with van der Waals surface area (Å²) < 4.78 is 24.7. The Morgan fingerprint density at radius 1 is 1.27 bits per heavy atom. The van der Waals surface area contributed by atoms with Crippen LogP contribution in [0, 0.1) is 0 Å². The summed E-state index contributed by atoms with van der Waals surface area (Å²) in [6.45, 7) is 6.12. The van der Waals surface area contributed by atoms with Gasteiger partial charge in [-0.15, -0.1) is 0 Å². The van der Waals surface area contributed by atoms with Gasteiger partial charge in [-0.25, -0.2) is 13.1 Å². The molecule has 0 unspecified atom stereocenters. The highest BCUT2D eigenvalue weighted by Crippen LogP contribution is 2.01. The zero-order chi connectivity index (χ0) is 12.1. The number of nitrogens with zero attached hydrogens (tertiary/aromatic N) is 1. The standard InChI is InChI=1S/C9H23N3O2S/c1-9(2,11-15(5,13)14)8-10-6-7-12(3)4/h10-11H,6-8H2,1-5H3. The lowest BCUT2D eigenvalue weighted by atomic mass is 10.1. The molecule has 0 saturated carbocycles. The van der Waals surface area contributed by atoms with Gasteiger partial charge in [0.05, 0.1) is 6.26 Å². The van der Waals surface area contributed by atoms with E-state index in [4.69, 9.17) is 0 Å². The molecule has 0 aromatic rings. The van der Waals surface area contributed by atoms with E-state index in [9.17, 15) is 8.42 Å². The molecule has 0 rings (SSSR count). The molecule has 0 aliphatic carbocycles. The molecule has 0 aromatic heterocycles. The van der Waals surface area contributed by atoms with Gasteiger partial charge in [0, 0.05) is 25.2 Å². The summed E-state index contributed by atoms with van der Waals surface area (Å²) in [7, 11) is 0.867. The van der Waals surface area contributed by atoms with Crippen molar-refractivity contribution in [3.8, 4) is 0 Å². The lowest BCUT2D eigenvalue weighted by Crippen LogP contribution is -2.50. The van der Waals surface area contributed by atoms with E-state index >= 15 is 0 Å². The van der Waals surface area contributed by atoms with Gasteiger partial charge in [-0.1, -0.05) is 0 Å². The maximum Gasteiger partial charge on any atom is 0.209 e. The molecular weight excluding hydrogens is 214 g/mol. The van der Waals surface area contributed by atoms with Crippen molar-refractivity contribution in [1.82, 2.24) is 14.9 Å². The van der Waals surface area contributed by atoms with Crippen LogP contribution in [-0.4, -0.2) is 58.8 Å². The highest BCUT2D eigenvalue weighted by Gasteiger charge is 2.21. The van der Waals surface area contributed by atoms with Crippen LogP contribution in [0.5, 0.6) is 0 Å². The topological polar surface area (TPSA) is 61.4 Å². The molecule has 0 bridgehead atoms. The van der Waals surface area contributed by atoms with Crippen molar-refractivity contribution in [3.63, 3.8) is 0 Å². The predicted octanol–water partition coefficient (Wildman–Crippen LogP) is -0.535. The quantitative estimate of drug-likeness (QED) is 0.584. The van der Waals surface area contributed by atoms with Crippen LogP contribution in [-0.2, 0) is 10.0 Å². The molecule has 0 saturated heterocycles. The van der Waals surface area contributed by atoms with Gasteiger partial charge in [0.25, 0.3) is 0 Å². The smallest absolute Gasteiger partial charge is 0.209 e. The average molecular weight is 237 g/mol. The Hall–Kier alpha value is -0.170. The first-order valence-corrected chi connectivity index (χ1v) is 6.86. The van der Waals surface area contributed by atoms with Crippen molar-refractivity contribution < 1.29 is 8.42 Å². The zero-order valence-electron chi connectivity index (χ0n) is 10.3. The number of likely N-dealkylation sites (N-methyl/N-ethyl adjacent to an activating group) is 1. The van der Waals surface area contributed by atoms with Crippen LogP contribution in [0.1, 0.15) is 13.8 Å². The molecule has 0 amide bonds. The highest BCUT2D eigenvalue weighted by molar-refractivity contribution is 7.88. The SMILES string of the molecule is CN(C)CCNCC(C)(C)NS(C)(=O)=O. The van der Waals surface area contributed by atoms with Gasteiger partial charge in [0.15, 0.2) is 0 Å². The molecule has 0 atom stereocenters. The summed E-state index contributed by atoms with van der Waals surface area (Å²) in [5.74, 6) is 0. The first-order chi connectivity index (χ1) is 6.62. The number of rotatable bonds is 7. The fourth-order valence-electron chi connectivity index (χ4n) is 1.24. The Morgan fingerprint density at radius 3 is 2.20 bits per heavy atom. The largest absolute Gasteiger partial charge is 0.314 e. The monoisotopic (exact) mass is 237 g/mol. The number of sulfonamides is 1. The van der Waals surface area contributed by atoms with Crippen molar-refractivity contribution in [1.29, 1.82) is 0 Å². The molecule has 0 spiro atoms. The summed E-state index contributed by atoms with van der Waals surface area (Å²) in [6, 6.07) is 0. The van der Waals surface area contributed by atoms with E-state index in [1.54, 1.807) is 0 Å². The fourth-order valence-corrected chi connectivity index (χ4v) is 2.32. The van der Waals surface area contributed by atoms with E-state index in [-0.39, 0.29) is 0 Å². The van der Waals surface area contributed by atoms with E-state index < -0.39 is 15.6 Å². The summed E-state index contributed by atoms with van der Waals surface area (Å²) in [5.41, 5.74) is -0.445. The highest BCUT2D eigenvalue weighted by atomic mass is 32.2. The molecule has 6 heteroatoms. The van der Waals surface area contributed by atoms with Gasteiger partial charge >= 0.3 is 0 Å². The van der Waals surface area contributed by atoms with E-state index in [0.717, 1.165) is 13.1 Å². The lowest BCUT2D eigenvalue weighted by molar-refractivity contribution is 0.372. The third kappa shape index (κ3) is 10.1. The summed E-state index contributed by atoms with van der Waals surface area (Å²) >= 11 is 0. The minimum Gasteiger partial charge on any atom is -0.314 e. The molecule has 0 aromatic carbocycles. The van der Waals surface area contributed by atoms with Crippen LogP contribution in [0.3, 0.4) is 0 Å². The molecule has 0 aliphatic rings. The number of nitrogens with one attached hydrogen (secondary N) is 2. The van der Waals surface area contributed by atoms with Crippen LogP contribution in [0.15, 0.2) is 0 Å². The van der Waals surface area contributed by atoms with Gasteiger partial charge in [-0.05, 0) is 27.9 Å². The average Bonchev–Trinajstić information content (AvgIpc) is 1.93. The maximum atomic E-state index is 11.0. The predicted molar refractivity (Wildman–Crippen MR) is 63.5 cm³/mol. The summed E-state index contributed by atoms with van der Waals surface area (Å²) in [5, 5.41) is 3.21. The Balaban J connectivity index is 3.85. The molecule has 0 heterocycles. The van der Waals surface area contributed by atoms with Gasteiger partial charge in [0.2, 0.25) is 10.0 Å². The minimum atomic E-state index is -3.14. The first-order valence-electron chi connectivity index (χ1n) is 4.97. The summed E-state index contributed by atoms with van der Waals surface area (Å²) in [6.07, 6.45) is 1.18. The van der Waals surface area contributed by atoms with Gasteiger partial charge in [-0.2, -0.15) is 0 Å². The Bertz CT molecular complexity index is 273. The second-order valence-electron chi connectivity index (χ2n) is 4.74. The Kier molecular flexibility index (Phi) is 5.72. The maximum absolute atomic E-state index is 11.0. The third-order valence-corrected chi connectivity index (χ3v) is 2.69. The number of hydrogen-bond acceptors (Lipinski definition) is 4. The second kappa shape index (κ2) is 5.79. The van der Waals surface area contributed by atoms with Crippen molar-refractivity contribution >= 4 is 10.0 Å². The van der Waals surface area contributed by atoms with Crippen molar-refractivity contribution in [2.45, 2.75) is 19.4 Å². The second-order valence-corrected chi connectivity index (χ2v) is 6.49.